The number of para-hydroxylation sites is 1. The maximum Gasteiger partial charge on any atom is 0.418 e. The van der Waals surface area contributed by atoms with E-state index in [2.05, 4.69) is 15.5 Å². The fourth-order valence-electron chi connectivity index (χ4n) is 2.48. The minimum absolute atomic E-state index is 0.100. The molecule has 0 aliphatic heterocycles. The smallest absolute Gasteiger partial charge is 0.418 e. The van der Waals surface area contributed by atoms with Crippen molar-refractivity contribution in [3.8, 4) is 17.2 Å². The number of methoxy groups -OCH3 is 1. The van der Waals surface area contributed by atoms with Crippen LogP contribution in [0.4, 0.5) is 18.9 Å². The highest BCUT2D eigenvalue weighted by atomic mass is 19.4. The van der Waals surface area contributed by atoms with Crippen LogP contribution < -0.4 is 10.1 Å². The summed E-state index contributed by atoms with van der Waals surface area (Å²) >= 11 is 0. The molecule has 6 nitrogen and oxygen atoms in total. The number of aryl methyl sites for hydroxylation is 1. The molecule has 0 saturated carbocycles. The van der Waals surface area contributed by atoms with E-state index in [4.69, 9.17) is 9.15 Å². The Hall–Kier alpha value is -3.36. The molecule has 1 amide bonds. The van der Waals surface area contributed by atoms with Crippen LogP contribution >= 0.6 is 0 Å². The van der Waals surface area contributed by atoms with Crippen LogP contribution in [0.3, 0.4) is 0 Å². The van der Waals surface area contributed by atoms with Crippen molar-refractivity contribution in [2.45, 2.75) is 19.0 Å². The molecule has 0 unspecified atom stereocenters. The van der Waals surface area contributed by atoms with Gasteiger partial charge >= 0.3 is 6.18 Å². The first-order valence-corrected chi connectivity index (χ1v) is 8.29. The minimum Gasteiger partial charge on any atom is -0.497 e. The molecule has 0 spiro atoms. The van der Waals surface area contributed by atoms with Crippen LogP contribution in [0, 0.1) is 0 Å². The van der Waals surface area contributed by atoms with Crippen molar-refractivity contribution >= 4 is 11.6 Å². The van der Waals surface area contributed by atoms with E-state index in [1.165, 1.54) is 18.2 Å². The van der Waals surface area contributed by atoms with Gasteiger partial charge in [0, 0.05) is 18.4 Å². The summed E-state index contributed by atoms with van der Waals surface area (Å²) in [4.78, 5) is 12.0. The summed E-state index contributed by atoms with van der Waals surface area (Å²) in [6.45, 7) is 0. The summed E-state index contributed by atoms with van der Waals surface area (Å²) in [5, 5.41) is 10.1. The monoisotopic (exact) mass is 391 g/mol. The Morgan fingerprint density at radius 1 is 1.11 bits per heavy atom. The Morgan fingerprint density at radius 2 is 1.82 bits per heavy atom. The second-order valence-corrected chi connectivity index (χ2v) is 5.82. The molecule has 1 aromatic heterocycles. The van der Waals surface area contributed by atoms with E-state index in [1.54, 1.807) is 31.4 Å². The van der Waals surface area contributed by atoms with Crippen LogP contribution in [-0.4, -0.2) is 23.2 Å². The van der Waals surface area contributed by atoms with Crippen molar-refractivity contribution in [1.29, 1.82) is 0 Å². The van der Waals surface area contributed by atoms with Gasteiger partial charge in [-0.1, -0.05) is 12.1 Å². The summed E-state index contributed by atoms with van der Waals surface area (Å²) in [7, 11) is 1.55. The summed E-state index contributed by atoms with van der Waals surface area (Å²) in [5.41, 5.74) is -0.504. The summed E-state index contributed by atoms with van der Waals surface area (Å²) in [6.07, 6.45) is -4.55. The number of hydrogen-bond donors (Lipinski definition) is 1. The fraction of sp³-hybridized carbons (Fsp3) is 0.211. The number of nitrogens with one attached hydrogen (secondary N) is 1. The van der Waals surface area contributed by atoms with E-state index in [9.17, 15) is 18.0 Å². The molecule has 0 saturated heterocycles. The predicted octanol–water partition coefficient (Wildman–Crippen LogP) is 4.34. The van der Waals surface area contributed by atoms with Crippen LogP contribution in [0.2, 0.25) is 0 Å². The number of rotatable bonds is 6. The third-order valence-corrected chi connectivity index (χ3v) is 3.88. The molecule has 3 aromatic rings. The SMILES string of the molecule is COc1ccc(-c2nnc(CCC(=O)Nc3ccccc3C(F)(F)F)o2)cc1. The number of benzene rings is 2. The van der Waals surface area contributed by atoms with Gasteiger partial charge < -0.3 is 14.5 Å². The normalized spacial score (nSPS) is 11.3. The number of aromatic nitrogens is 2. The fourth-order valence-corrected chi connectivity index (χ4v) is 2.48. The van der Waals surface area contributed by atoms with Crippen LogP contribution in [0.15, 0.2) is 52.9 Å². The lowest BCUT2D eigenvalue weighted by Gasteiger charge is -2.13. The molecule has 0 atom stereocenters. The quantitative estimate of drug-likeness (QED) is 0.677. The Morgan fingerprint density at radius 3 is 2.50 bits per heavy atom. The van der Waals surface area contributed by atoms with Crippen molar-refractivity contribution in [2.75, 3.05) is 12.4 Å². The van der Waals surface area contributed by atoms with Gasteiger partial charge in [0.2, 0.25) is 17.7 Å². The second kappa shape index (κ2) is 8.12. The van der Waals surface area contributed by atoms with E-state index < -0.39 is 17.6 Å². The van der Waals surface area contributed by atoms with Gasteiger partial charge in [-0.25, -0.2) is 0 Å². The van der Waals surface area contributed by atoms with Crippen molar-refractivity contribution in [2.24, 2.45) is 0 Å². The maximum absolute atomic E-state index is 13.0. The zero-order valence-electron chi connectivity index (χ0n) is 14.8. The van der Waals surface area contributed by atoms with Gasteiger partial charge in [0.15, 0.2) is 0 Å². The lowest BCUT2D eigenvalue weighted by molar-refractivity contribution is -0.137. The Balaban J connectivity index is 1.61. The number of nitrogens with zero attached hydrogens (tertiary/aromatic N) is 2. The largest absolute Gasteiger partial charge is 0.497 e. The van der Waals surface area contributed by atoms with Gasteiger partial charge in [-0.2, -0.15) is 13.2 Å². The van der Waals surface area contributed by atoms with Crippen LogP contribution in [-0.2, 0) is 17.4 Å². The van der Waals surface area contributed by atoms with Crippen LogP contribution in [0.25, 0.3) is 11.5 Å². The molecule has 9 heteroatoms. The number of carbonyl (C=O) groups is 1. The van der Waals surface area contributed by atoms with E-state index in [-0.39, 0.29) is 30.3 Å². The van der Waals surface area contributed by atoms with Crippen LogP contribution in [0.1, 0.15) is 17.9 Å². The van der Waals surface area contributed by atoms with E-state index >= 15 is 0 Å². The molecule has 0 aliphatic carbocycles. The molecule has 146 valence electrons. The standard InChI is InChI=1S/C19H16F3N3O3/c1-27-13-8-6-12(7-9-13)18-25-24-17(28-18)11-10-16(26)23-15-5-3-2-4-14(15)19(20,21)22/h2-9H,10-11H2,1H3,(H,23,26). The molecule has 0 bridgehead atoms. The van der Waals surface area contributed by atoms with Crippen LogP contribution in [0.5, 0.6) is 5.75 Å². The molecular formula is C19H16F3N3O3. The van der Waals surface area contributed by atoms with E-state index in [0.29, 0.717) is 11.3 Å². The molecule has 28 heavy (non-hydrogen) atoms. The van der Waals surface area contributed by atoms with Gasteiger partial charge in [0.25, 0.3) is 0 Å². The lowest BCUT2D eigenvalue weighted by Crippen LogP contribution is -2.16. The zero-order chi connectivity index (χ0) is 20.1. The molecule has 0 fully saturated rings. The van der Waals surface area contributed by atoms with Gasteiger partial charge in [-0.15, -0.1) is 10.2 Å². The Kier molecular flexibility index (Phi) is 5.62. The molecule has 0 aliphatic rings. The zero-order valence-corrected chi connectivity index (χ0v) is 14.8. The molecule has 1 N–H and O–H groups in total. The number of carbonyl (C=O) groups excluding carboxylic acids is 1. The number of alkyl halides is 3. The van der Waals surface area contributed by atoms with Gasteiger partial charge in [0.05, 0.1) is 18.4 Å². The minimum atomic E-state index is -4.55. The van der Waals surface area contributed by atoms with E-state index in [1.807, 2.05) is 0 Å². The summed E-state index contributed by atoms with van der Waals surface area (Å²) < 4.78 is 49.5. The number of halogens is 3. The third-order valence-electron chi connectivity index (χ3n) is 3.88. The molecule has 2 aromatic carbocycles. The van der Waals surface area contributed by atoms with Crippen molar-refractivity contribution in [1.82, 2.24) is 10.2 Å². The van der Waals surface area contributed by atoms with Crippen molar-refractivity contribution in [3.63, 3.8) is 0 Å². The summed E-state index contributed by atoms with van der Waals surface area (Å²) in [6, 6.07) is 11.8. The highest BCUT2D eigenvalue weighted by molar-refractivity contribution is 5.91. The molecule has 1 heterocycles. The third kappa shape index (κ3) is 4.67. The van der Waals surface area contributed by atoms with E-state index in [0.717, 1.165) is 6.07 Å². The highest BCUT2D eigenvalue weighted by Gasteiger charge is 2.33. The van der Waals surface area contributed by atoms with Gasteiger partial charge in [-0.05, 0) is 36.4 Å². The molecule has 3 rings (SSSR count). The summed E-state index contributed by atoms with van der Waals surface area (Å²) in [5.74, 6) is 0.589. The average Bonchev–Trinajstić information content (AvgIpc) is 3.15. The van der Waals surface area contributed by atoms with Gasteiger partial charge in [-0.3, -0.25) is 4.79 Å². The Bertz CT molecular complexity index is 953. The second-order valence-electron chi connectivity index (χ2n) is 5.82. The number of hydrogen-bond acceptors (Lipinski definition) is 5. The lowest BCUT2D eigenvalue weighted by atomic mass is 10.1. The Labute approximate surface area is 158 Å². The highest BCUT2D eigenvalue weighted by Crippen LogP contribution is 2.34. The first-order valence-electron chi connectivity index (χ1n) is 8.29. The first kappa shape index (κ1) is 19.4. The molecule has 0 radical (unpaired) electrons. The van der Waals surface area contributed by atoms with Gasteiger partial charge in [0.1, 0.15) is 5.75 Å². The van der Waals surface area contributed by atoms with Crippen molar-refractivity contribution in [3.05, 3.63) is 60.0 Å². The predicted molar refractivity (Wildman–Crippen MR) is 94.7 cm³/mol. The average molecular weight is 391 g/mol. The number of anilines is 1. The maximum atomic E-state index is 13.0. The number of ether oxygens (including phenoxy) is 1. The van der Waals surface area contributed by atoms with Crippen molar-refractivity contribution < 1.29 is 27.1 Å². The number of amides is 1. The molecular weight excluding hydrogens is 375 g/mol. The topological polar surface area (TPSA) is 77.2 Å². The first-order chi connectivity index (χ1) is 13.4.